The summed E-state index contributed by atoms with van der Waals surface area (Å²) in [5, 5.41) is 13.1. The quantitative estimate of drug-likeness (QED) is 0.572. The fraction of sp³-hybridized carbons (Fsp3) is 0.133. The van der Waals surface area contributed by atoms with Gasteiger partial charge in [-0.3, -0.25) is 4.79 Å². The summed E-state index contributed by atoms with van der Waals surface area (Å²) >= 11 is 5.91. The number of nitrogens with one attached hydrogen (secondary N) is 3. The van der Waals surface area contributed by atoms with E-state index in [2.05, 4.69) is 20.3 Å². The van der Waals surface area contributed by atoms with Crippen molar-refractivity contribution in [1.29, 1.82) is 0 Å². The van der Waals surface area contributed by atoms with Crippen molar-refractivity contribution in [3.63, 3.8) is 0 Å². The van der Waals surface area contributed by atoms with Crippen LogP contribution in [0.2, 0.25) is 5.02 Å². The van der Waals surface area contributed by atoms with Crippen molar-refractivity contribution < 1.29 is 14.7 Å². The number of aliphatic carboxylic acids is 1. The zero-order chi connectivity index (χ0) is 16.4. The molecule has 8 heteroatoms. The Hall–Kier alpha value is -2.80. The van der Waals surface area contributed by atoms with Crippen LogP contribution < -0.4 is 5.32 Å². The number of benzene rings is 1. The van der Waals surface area contributed by atoms with Gasteiger partial charge >= 0.3 is 5.97 Å². The van der Waals surface area contributed by atoms with Crippen molar-refractivity contribution in [2.45, 2.75) is 12.5 Å². The first-order chi connectivity index (χ1) is 11.0. The van der Waals surface area contributed by atoms with Gasteiger partial charge in [0.1, 0.15) is 11.7 Å². The largest absolute Gasteiger partial charge is 0.480 e. The van der Waals surface area contributed by atoms with Crippen molar-refractivity contribution >= 4 is 34.4 Å². The number of hydrogen-bond donors (Lipinski definition) is 4. The predicted molar refractivity (Wildman–Crippen MR) is 84.5 cm³/mol. The summed E-state index contributed by atoms with van der Waals surface area (Å²) in [7, 11) is 0. The van der Waals surface area contributed by atoms with Gasteiger partial charge in [0.05, 0.1) is 6.33 Å². The number of carbonyl (C=O) groups excluding carboxylic acids is 1. The number of carboxylic acids is 1. The third-order valence-electron chi connectivity index (χ3n) is 3.41. The minimum absolute atomic E-state index is 0.118. The number of carboxylic acid groups (broad SMARTS) is 1. The second kappa shape index (κ2) is 6.13. The fourth-order valence-corrected chi connectivity index (χ4v) is 2.46. The maximum absolute atomic E-state index is 12.3. The molecule has 3 rings (SSSR count). The average molecular weight is 333 g/mol. The highest BCUT2D eigenvalue weighted by Crippen LogP contribution is 2.20. The SMILES string of the molecule is O=C(N[C@@H](Cc1cnc[nH]1)C(=O)O)c1cc2cc(Cl)ccc2[nH]1. The Morgan fingerprint density at radius 3 is 2.87 bits per heavy atom. The molecule has 0 saturated heterocycles. The maximum Gasteiger partial charge on any atom is 0.326 e. The molecular formula is C15H13ClN4O3. The van der Waals surface area contributed by atoms with E-state index in [4.69, 9.17) is 11.6 Å². The molecule has 0 unspecified atom stereocenters. The topological polar surface area (TPSA) is 111 Å². The molecule has 3 aromatic rings. The standard InChI is InChI=1S/C15H13ClN4O3/c16-9-1-2-11-8(3-9)4-12(19-11)14(21)20-13(15(22)23)5-10-6-17-7-18-10/h1-4,6-7,13,19H,5H2,(H,17,18)(H,20,21)(H,22,23)/t13-/m0/s1. The van der Waals surface area contributed by atoms with Crippen LogP contribution in [0.4, 0.5) is 0 Å². The van der Waals surface area contributed by atoms with Gasteiger partial charge in [0.2, 0.25) is 0 Å². The zero-order valence-corrected chi connectivity index (χ0v) is 12.6. The molecule has 0 saturated carbocycles. The number of aromatic amines is 2. The van der Waals surface area contributed by atoms with Crippen LogP contribution in [0.3, 0.4) is 0 Å². The van der Waals surface area contributed by atoms with E-state index in [-0.39, 0.29) is 12.1 Å². The average Bonchev–Trinajstić information content (AvgIpc) is 3.14. The smallest absolute Gasteiger partial charge is 0.326 e. The van der Waals surface area contributed by atoms with Crippen molar-refractivity contribution in [2.24, 2.45) is 0 Å². The van der Waals surface area contributed by atoms with Crippen LogP contribution in [0.15, 0.2) is 36.8 Å². The van der Waals surface area contributed by atoms with Gasteiger partial charge in [-0.15, -0.1) is 0 Å². The van der Waals surface area contributed by atoms with Crippen molar-refractivity contribution in [3.8, 4) is 0 Å². The van der Waals surface area contributed by atoms with E-state index in [1.165, 1.54) is 12.5 Å². The first kappa shape index (κ1) is 15.1. The van der Waals surface area contributed by atoms with E-state index in [9.17, 15) is 14.7 Å². The molecule has 0 aliphatic heterocycles. The fourth-order valence-electron chi connectivity index (χ4n) is 2.28. The summed E-state index contributed by atoms with van der Waals surface area (Å²) in [6.07, 6.45) is 3.09. The van der Waals surface area contributed by atoms with Crippen LogP contribution in [-0.2, 0) is 11.2 Å². The van der Waals surface area contributed by atoms with E-state index in [0.29, 0.717) is 10.7 Å². The van der Waals surface area contributed by atoms with Gasteiger partial charge in [-0.25, -0.2) is 9.78 Å². The number of rotatable bonds is 5. The van der Waals surface area contributed by atoms with Crippen LogP contribution in [0.1, 0.15) is 16.2 Å². The van der Waals surface area contributed by atoms with E-state index < -0.39 is 17.9 Å². The second-order valence-corrected chi connectivity index (χ2v) is 5.50. The van der Waals surface area contributed by atoms with Gasteiger partial charge in [0.15, 0.2) is 0 Å². The van der Waals surface area contributed by atoms with Crippen molar-refractivity contribution in [2.75, 3.05) is 0 Å². The molecule has 1 aromatic carbocycles. The molecule has 0 radical (unpaired) electrons. The highest BCUT2D eigenvalue weighted by atomic mass is 35.5. The number of H-pyrrole nitrogens is 2. The Bertz CT molecular complexity index is 857. The van der Waals surface area contributed by atoms with Gasteiger partial charge in [-0.1, -0.05) is 11.6 Å². The lowest BCUT2D eigenvalue weighted by atomic mass is 10.1. The summed E-state index contributed by atoms with van der Waals surface area (Å²) in [5.41, 5.74) is 1.65. The number of fused-ring (bicyclic) bond motifs is 1. The number of carbonyl (C=O) groups is 2. The first-order valence-electron chi connectivity index (χ1n) is 6.82. The Balaban J connectivity index is 1.78. The van der Waals surface area contributed by atoms with Gasteiger partial charge in [-0.05, 0) is 24.3 Å². The molecular weight excluding hydrogens is 320 g/mol. The Morgan fingerprint density at radius 1 is 1.35 bits per heavy atom. The summed E-state index contributed by atoms with van der Waals surface area (Å²) < 4.78 is 0. The van der Waals surface area contributed by atoms with Gasteiger partial charge in [0, 0.05) is 34.2 Å². The van der Waals surface area contributed by atoms with Gasteiger partial charge in [-0.2, -0.15) is 0 Å². The minimum Gasteiger partial charge on any atom is -0.480 e. The molecule has 0 fully saturated rings. The molecule has 0 spiro atoms. The molecule has 23 heavy (non-hydrogen) atoms. The first-order valence-corrected chi connectivity index (χ1v) is 7.20. The van der Waals surface area contributed by atoms with E-state index in [0.717, 1.165) is 10.9 Å². The summed E-state index contributed by atoms with van der Waals surface area (Å²) in [4.78, 5) is 33.2. The molecule has 0 aliphatic carbocycles. The summed E-state index contributed by atoms with van der Waals surface area (Å²) in [6, 6.07) is 5.77. The summed E-state index contributed by atoms with van der Waals surface area (Å²) in [5.74, 6) is -1.61. The number of halogens is 1. The maximum atomic E-state index is 12.3. The number of hydrogen-bond acceptors (Lipinski definition) is 3. The van der Waals surface area contributed by atoms with Crippen molar-refractivity contribution in [1.82, 2.24) is 20.3 Å². The van der Waals surface area contributed by atoms with Crippen LogP contribution in [-0.4, -0.2) is 38.0 Å². The van der Waals surface area contributed by atoms with E-state index >= 15 is 0 Å². The third-order valence-corrected chi connectivity index (χ3v) is 3.64. The monoisotopic (exact) mass is 332 g/mol. The molecule has 2 aromatic heterocycles. The molecule has 1 atom stereocenters. The lowest BCUT2D eigenvalue weighted by molar-refractivity contribution is -0.139. The predicted octanol–water partition coefficient (Wildman–Crippen LogP) is 1.97. The Labute approximate surface area is 135 Å². The molecule has 118 valence electrons. The molecule has 0 bridgehead atoms. The van der Waals surface area contributed by atoms with E-state index in [1.54, 1.807) is 24.3 Å². The number of nitrogens with zero attached hydrogens (tertiary/aromatic N) is 1. The molecule has 0 aliphatic rings. The lowest BCUT2D eigenvalue weighted by Gasteiger charge is -2.12. The van der Waals surface area contributed by atoms with Crippen LogP contribution >= 0.6 is 11.6 Å². The minimum atomic E-state index is -1.12. The van der Waals surface area contributed by atoms with Crippen LogP contribution in [0.25, 0.3) is 10.9 Å². The van der Waals surface area contributed by atoms with Gasteiger partial charge in [0.25, 0.3) is 5.91 Å². The Morgan fingerprint density at radius 2 is 2.17 bits per heavy atom. The normalized spacial score (nSPS) is 12.2. The Kier molecular flexibility index (Phi) is 4.03. The highest BCUT2D eigenvalue weighted by Gasteiger charge is 2.22. The molecule has 1 amide bonds. The van der Waals surface area contributed by atoms with Crippen LogP contribution in [0, 0.1) is 0 Å². The second-order valence-electron chi connectivity index (χ2n) is 5.06. The number of amides is 1. The molecule has 2 heterocycles. The lowest BCUT2D eigenvalue weighted by Crippen LogP contribution is -2.42. The van der Waals surface area contributed by atoms with Crippen molar-refractivity contribution in [3.05, 3.63) is 53.2 Å². The van der Waals surface area contributed by atoms with Crippen LogP contribution in [0.5, 0.6) is 0 Å². The van der Waals surface area contributed by atoms with Gasteiger partial charge < -0.3 is 20.4 Å². The highest BCUT2D eigenvalue weighted by molar-refractivity contribution is 6.31. The third kappa shape index (κ3) is 3.35. The zero-order valence-electron chi connectivity index (χ0n) is 11.8. The number of aromatic nitrogens is 3. The summed E-state index contributed by atoms with van der Waals surface area (Å²) in [6.45, 7) is 0. The molecule has 4 N–H and O–H groups in total. The number of imidazole rings is 1. The molecule has 7 nitrogen and oxygen atoms in total. The van der Waals surface area contributed by atoms with E-state index in [1.807, 2.05) is 0 Å².